The summed E-state index contributed by atoms with van der Waals surface area (Å²) in [5, 5.41) is 0. The molecule has 0 bridgehead atoms. The monoisotopic (exact) mass is 364 g/mol. The maximum Gasteiger partial charge on any atom is 0.129 e. The van der Waals surface area contributed by atoms with Crippen LogP contribution < -0.4 is 4.90 Å². The highest BCUT2D eigenvalue weighted by Gasteiger charge is 2.24. The molecular formula is C19H22ClFN2S. The molecule has 2 aromatic rings. The molecule has 1 atom stereocenters. The number of aromatic nitrogens is 1. The molecule has 0 spiro atoms. The van der Waals surface area contributed by atoms with Crippen molar-refractivity contribution in [2.75, 3.05) is 18.0 Å². The number of fused-ring (bicyclic) bond motifs is 1. The fraction of sp³-hybridized carbons (Fsp3) is 0.526. The van der Waals surface area contributed by atoms with Crippen LogP contribution in [-0.4, -0.2) is 24.2 Å². The van der Waals surface area contributed by atoms with Gasteiger partial charge < -0.3 is 4.90 Å². The average Bonchev–Trinajstić information content (AvgIpc) is 2.87. The number of hydrogen-bond donors (Lipinski definition) is 0. The van der Waals surface area contributed by atoms with Gasteiger partial charge in [-0.2, -0.15) is 0 Å². The van der Waals surface area contributed by atoms with Crippen LogP contribution in [0.15, 0.2) is 18.2 Å². The van der Waals surface area contributed by atoms with Crippen LogP contribution in [0.3, 0.4) is 0 Å². The summed E-state index contributed by atoms with van der Waals surface area (Å²) in [7, 11) is 0. The molecule has 0 aromatic carbocycles. The van der Waals surface area contributed by atoms with Crippen molar-refractivity contribution in [1.82, 2.24) is 4.98 Å². The van der Waals surface area contributed by atoms with Crippen molar-refractivity contribution in [3.63, 3.8) is 0 Å². The van der Waals surface area contributed by atoms with Gasteiger partial charge >= 0.3 is 0 Å². The number of thiophene rings is 1. The lowest BCUT2D eigenvalue weighted by molar-refractivity contribution is 0.286. The Morgan fingerprint density at radius 3 is 2.83 bits per heavy atom. The number of rotatable bonds is 2. The number of nitrogens with zero attached hydrogens (tertiary/aromatic N) is 2. The molecule has 5 heteroatoms. The third-order valence-corrected chi connectivity index (χ3v) is 6.33. The summed E-state index contributed by atoms with van der Waals surface area (Å²) in [6, 6.07) is 6.24. The molecule has 3 heterocycles. The van der Waals surface area contributed by atoms with E-state index < -0.39 is 6.17 Å². The molecule has 0 N–H and O–H groups in total. The van der Waals surface area contributed by atoms with E-state index in [1.807, 2.05) is 6.07 Å². The highest BCUT2D eigenvalue weighted by molar-refractivity contribution is 7.19. The number of anilines is 1. The molecular weight excluding hydrogens is 343 g/mol. The maximum atomic E-state index is 13.9. The Morgan fingerprint density at radius 2 is 2.04 bits per heavy atom. The van der Waals surface area contributed by atoms with Crippen LogP contribution >= 0.6 is 22.9 Å². The Bertz CT molecular complexity index is 730. The number of pyridine rings is 1. The quantitative estimate of drug-likeness (QED) is 0.638. The molecule has 1 aliphatic carbocycles. The second kappa shape index (κ2) is 7.01. The SMILES string of the molecule is FC1CCCN(c2cc(-c3ccc(Cl)s3)c3c(n2)CCCCC3)C1. The van der Waals surface area contributed by atoms with Gasteiger partial charge in [0.05, 0.1) is 10.9 Å². The summed E-state index contributed by atoms with van der Waals surface area (Å²) in [5.74, 6) is 0.942. The topological polar surface area (TPSA) is 16.1 Å². The molecule has 2 aliphatic rings. The summed E-state index contributed by atoms with van der Waals surface area (Å²) >= 11 is 7.80. The zero-order valence-corrected chi connectivity index (χ0v) is 15.3. The minimum Gasteiger partial charge on any atom is -0.354 e. The first-order valence-corrected chi connectivity index (χ1v) is 10.1. The van der Waals surface area contributed by atoms with E-state index in [0.717, 1.165) is 36.0 Å². The van der Waals surface area contributed by atoms with Crippen LogP contribution in [0.2, 0.25) is 4.34 Å². The minimum absolute atomic E-state index is 0.469. The number of alkyl halides is 1. The first-order valence-electron chi connectivity index (χ1n) is 8.88. The molecule has 1 aliphatic heterocycles. The van der Waals surface area contributed by atoms with Gasteiger partial charge in [0.25, 0.3) is 0 Å². The number of hydrogen-bond acceptors (Lipinski definition) is 3. The van der Waals surface area contributed by atoms with Gasteiger partial charge in [-0.1, -0.05) is 18.0 Å². The van der Waals surface area contributed by atoms with Gasteiger partial charge in [-0.3, -0.25) is 0 Å². The van der Waals surface area contributed by atoms with E-state index in [2.05, 4.69) is 17.0 Å². The van der Waals surface area contributed by atoms with Gasteiger partial charge in [0, 0.05) is 22.7 Å². The van der Waals surface area contributed by atoms with Crippen LogP contribution in [0.1, 0.15) is 43.4 Å². The Hall–Kier alpha value is -1.13. The second-order valence-corrected chi connectivity index (χ2v) is 8.52. The zero-order valence-electron chi connectivity index (χ0n) is 13.7. The molecule has 2 aromatic heterocycles. The first-order chi connectivity index (χ1) is 11.7. The minimum atomic E-state index is -0.737. The van der Waals surface area contributed by atoms with Gasteiger partial charge in [-0.15, -0.1) is 11.3 Å². The van der Waals surface area contributed by atoms with E-state index in [1.165, 1.54) is 41.0 Å². The highest BCUT2D eigenvalue weighted by Crippen LogP contribution is 2.38. The third-order valence-electron chi connectivity index (χ3n) is 5.06. The van der Waals surface area contributed by atoms with E-state index in [9.17, 15) is 4.39 Å². The molecule has 24 heavy (non-hydrogen) atoms. The van der Waals surface area contributed by atoms with Crippen molar-refractivity contribution in [2.45, 2.75) is 51.1 Å². The van der Waals surface area contributed by atoms with E-state index >= 15 is 0 Å². The second-order valence-electron chi connectivity index (χ2n) is 6.80. The van der Waals surface area contributed by atoms with Crippen molar-refractivity contribution in [1.29, 1.82) is 0 Å². The Morgan fingerprint density at radius 1 is 1.17 bits per heavy atom. The fourth-order valence-electron chi connectivity index (χ4n) is 3.84. The Kier molecular flexibility index (Phi) is 4.77. The Balaban J connectivity index is 1.79. The summed E-state index contributed by atoms with van der Waals surface area (Å²) in [5.41, 5.74) is 3.85. The van der Waals surface area contributed by atoms with Gasteiger partial charge in [0.1, 0.15) is 12.0 Å². The van der Waals surface area contributed by atoms with Crippen LogP contribution in [0.25, 0.3) is 10.4 Å². The van der Waals surface area contributed by atoms with E-state index in [4.69, 9.17) is 16.6 Å². The van der Waals surface area contributed by atoms with Crippen molar-refractivity contribution in [3.8, 4) is 10.4 Å². The molecule has 1 unspecified atom stereocenters. The lowest BCUT2D eigenvalue weighted by Gasteiger charge is -2.31. The van der Waals surface area contributed by atoms with Crippen molar-refractivity contribution in [3.05, 3.63) is 33.8 Å². The highest BCUT2D eigenvalue weighted by atomic mass is 35.5. The number of halogens is 2. The maximum absolute atomic E-state index is 13.9. The summed E-state index contributed by atoms with van der Waals surface area (Å²) in [6.07, 6.45) is 6.62. The van der Waals surface area contributed by atoms with Crippen LogP contribution in [-0.2, 0) is 12.8 Å². The van der Waals surface area contributed by atoms with Crippen molar-refractivity contribution < 1.29 is 4.39 Å². The van der Waals surface area contributed by atoms with E-state index in [1.54, 1.807) is 11.3 Å². The lowest BCUT2D eigenvalue weighted by Crippen LogP contribution is -2.37. The smallest absolute Gasteiger partial charge is 0.129 e. The summed E-state index contributed by atoms with van der Waals surface area (Å²) in [4.78, 5) is 8.28. The Labute approximate surface area is 151 Å². The van der Waals surface area contributed by atoms with Crippen LogP contribution in [0.4, 0.5) is 10.2 Å². The zero-order chi connectivity index (χ0) is 16.5. The molecule has 0 radical (unpaired) electrons. The molecule has 128 valence electrons. The molecule has 0 amide bonds. The third kappa shape index (κ3) is 3.31. The van der Waals surface area contributed by atoms with Crippen molar-refractivity contribution >= 4 is 28.8 Å². The number of piperidine rings is 1. The van der Waals surface area contributed by atoms with Gasteiger partial charge in [-0.25, -0.2) is 9.37 Å². The van der Waals surface area contributed by atoms with Gasteiger partial charge in [0.2, 0.25) is 0 Å². The van der Waals surface area contributed by atoms with Gasteiger partial charge in [-0.05, 0) is 62.3 Å². The molecule has 2 nitrogen and oxygen atoms in total. The number of aryl methyl sites for hydroxylation is 1. The molecule has 4 rings (SSSR count). The summed E-state index contributed by atoms with van der Waals surface area (Å²) in [6.45, 7) is 1.37. The van der Waals surface area contributed by atoms with E-state index in [-0.39, 0.29) is 0 Å². The van der Waals surface area contributed by atoms with Crippen LogP contribution in [0, 0.1) is 0 Å². The average molecular weight is 365 g/mol. The normalized spacial score (nSPS) is 21.4. The molecule has 1 fully saturated rings. The molecule has 1 saturated heterocycles. The first kappa shape index (κ1) is 16.3. The predicted molar refractivity (Wildman–Crippen MR) is 100 cm³/mol. The largest absolute Gasteiger partial charge is 0.354 e. The molecule has 0 saturated carbocycles. The predicted octanol–water partition coefficient (Wildman–Crippen LogP) is 5.67. The lowest BCUT2D eigenvalue weighted by atomic mass is 10.00. The van der Waals surface area contributed by atoms with Gasteiger partial charge in [0.15, 0.2) is 0 Å². The van der Waals surface area contributed by atoms with Crippen molar-refractivity contribution in [2.24, 2.45) is 0 Å². The standard InChI is InChI=1S/C19H22ClFN2S/c20-18-9-8-17(24-18)15-11-19(23-10-4-5-13(21)12-23)22-16-7-3-1-2-6-14(15)16/h8-9,11,13H,1-7,10,12H2. The van der Waals surface area contributed by atoms with E-state index in [0.29, 0.717) is 13.0 Å². The summed E-state index contributed by atoms with van der Waals surface area (Å²) < 4.78 is 14.7. The van der Waals surface area contributed by atoms with Crippen LogP contribution in [0.5, 0.6) is 0 Å². The fourth-order valence-corrected chi connectivity index (χ4v) is 4.93.